The van der Waals surface area contributed by atoms with Crippen LogP contribution in [0.3, 0.4) is 0 Å². The molecule has 1 rings (SSSR count). The van der Waals surface area contributed by atoms with Crippen LogP contribution in [0.25, 0.3) is 0 Å². The first-order valence-corrected chi connectivity index (χ1v) is 4.28. The van der Waals surface area contributed by atoms with Gasteiger partial charge in [-0.15, -0.1) is 0 Å². The average Bonchev–Trinajstić information content (AvgIpc) is 2.13. The Morgan fingerprint density at radius 2 is 1.35 bits per heavy atom. The topological polar surface area (TPSA) is 46.2 Å². The maximum atomic E-state index is 12.4. The molecule has 0 atom stereocenters. The minimum Gasteiger partial charge on any atom is -0.507 e. The molecule has 1 aromatic rings. The molecular weight excluding hydrogens is 252 g/mol. The molecule has 0 amide bonds. The van der Waals surface area contributed by atoms with Gasteiger partial charge in [-0.05, 0) is 12.1 Å². The molecule has 0 bridgehead atoms. The third-order valence-corrected chi connectivity index (χ3v) is 2.10. The molecule has 2 nitrogen and oxygen atoms in total. The van der Waals surface area contributed by atoms with Crippen molar-refractivity contribution in [2.75, 3.05) is 0 Å². The molecule has 1 aromatic carbocycles. The summed E-state index contributed by atoms with van der Waals surface area (Å²) in [4.78, 5) is 0. The van der Waals surface area contributed by atoms with Crippen LogP contribution in [-0.2, 0) is 18.9 Å². The summed E-state index contributed by atoms with van der Waals surface area (Å²) in [7, 11) is 0. The molecule has 0 unspecified atom stereocenters. The second kappa shape index (κ2) is 4.10. The van der Waals surface area contributed by atoms with Gasteiger partial charge in [0.05, 0.1) is 11.1 Å². The molecule has 0 spiro atoms. The van der Waals surface area contributed by atoms with Crippen molar-refractivity contribution in [3.05, 3.63) is 28.8 Å². The van der Waals surface area contributed by atoms with Crippen molar-refractivity contribution in [1.29, 1.82) is 0 Å². The van der Waals surface area contributed by atoms with Crippen LogP contribution in [-0.4, -0.2) is 5.11 Å². The van der Waals surface area contributed by atoms with Crippen LogP contribution in [0, 0.1) is 0 Å². The molecule has 0 aliphatic carbocycles. The van der Waals surface area contributed by atoms with Gasteiger partial charge in [-0.25, -0.2) is 0 Å². The highest BCUT2D eigenvalue weighted by Gasteiger charge is 2.39. The van der Waals surface area contributed by atoms with E-state index in [4.69, 9.17) is 10.8 Å². The summed E-state index contributed by atoms with van der Waals surface area (Å²) in [5, 5.41) is 9.17. The van der Waals surface area contributed by atoms with Crippen molar-refractivity contribution in [3.8, 4) is 5.75 Å². The second-order valence-corrected chi connectivity index (χ2v) is 3.19. The Labute approximate surface area is 91.7 Å². The van der Waals surface area contributed by atoms with Gasteiger partial charge in [-0.3, -0.25) is 0 Å². The van der Waals surface area contributed by atoms with Gasteiger partial charge in [0.1, 0.15) is 5.75 Å². The quantitative estimate of drug-likeness (QED) is 0.762. The molecule has 0 aliphatic heterocycles. The van der Waals surface area contributed by atoms with Gasteiger partial charge in [0.15, 0.2) is 0 Å². The number of phenols is 1. The minimum absolute atomic E-state index is 0.178. The van der Waals surface area contributed by atoms with Gasteiger partial charge in [-0.2, -0.15) is 26.3 Å². The smallest absolute Gasteiger partial charge is 0.419 e. The van der Waals surface area contributed by atoms with E-state index in [2.05, 4.69) is 0 Å². The van der Waals surface area contributed by atoms with E-state index in [9.17, 15) is 26.3 Å². The van der Waals surface area contributed by atoms with Crippen LogP contribution in [0.1, 0.15) is 16.7 Å². The molecule has 3 N–H and O–H groups in total. The van der Waals surface area contributed by atoms with Crippen molar-refractivity contribution in [2.45, 2.75) is 18.9 Å². The maximum absolute atomic E-state index is 12.4. The average molecular weight is 259 g/mol. The van der Waals surface area contributed by atoms with Crippen molar-refractivity contribution in [3.63, 3.8) is 0 Å². The summed E-state index contributed by atoms with van der Waals surface area (Å²) < 4.78 is 74.1. The van der Waals surface area contributed by atoms with E-state index in [0.717, 1.165) is 0 Å². The van der Waals surface area contributed by atoms with Crippen LogP contribution >= 0.6 is 0 Å². The van der Waals surface area contributed by atoms with Crippen molar-refractivity contribution in [2.24, 2.45) is 5.73 Å². The molecule has 0 fully saturated rings. The van der Waals surface area contributed by atoms with E-state index in [1.807, 2.05) is 0 Å². The largest absolute Gasteiger partial charge is 0.507 e. The Morgan fingerprint density at radius 1 is 0.941 bits per heavy atom. The normalized spacial score (nSPS) is 12.9. The molecule has 17 heavy (non-hydrogen) atoms. The first-order chi connectivity index (χ1) is 7.59. The predicted octanol–water partition coefficient (Wildman–Crippen LogP) is 2.89. The van der Waals surface area contributed by atoms with Crippen LogP contribution in [0.15, 0.2) is 12.1 Å². The fourth-order valence-corrected chi connectivity index (χ4v) is 1.34. The molecule has 0 saturated heterocycles. The van der Waals surface area contributed by atoms with Gasteiger partial charge in [0.25, 0.3) is 0 Å². The first-order valence-electron chi connectivity index (χ1n) is 4.28. The molecule has 0 saturated carbocycles. The van der Waals surface area contributed by atoms with Crippen molar-refractivity contribution in [1.82, 2.24) is 0 Å². The first kappa shape index (κ1) is 13.6. The SMILES string of the molecule is NCc1c(C(F)(F)F)ccc(C(F)(F)F)c1O. The van der Waals surface area contributed by atoms with Crippen molar-refractivity contribution < 1.29 is 31.4 Å². The zero-order valence-corrected chi connectivity index (χ0v) is 8.15. The third kappa shape index (κ3) is 2.63. The lowest BCUT2D eigenvalue weighted by Crippen LogP contribution is -2.15. The third-order valence-electron chi connectivity index (χ3n) is 2.10. The fourth-order valence-electron chi connectivity index (χ4n) is 1.34. The van der Waals surface area contributed by atoms with Gasteiger partial charge in [-0.1, -0.05) is 0 Å². The Kier molecular flexibility index (Phi) is 3.28. The summed E-state index contributed by atoms with van der Waals surface area (Å²) >= 11 is 0. The maximum Gasteiger partial charge on any atom is 0.419 e. The lowest BCUT2D eigenvalue weighted by molar-refractivity contribution is -0.142. The Hall–Kier alpha value is -1.44. The van der Waals surface area contributed by atoms with E-state index < -0.39 is 41.3 Å². The standard InChI is InChI=1S/C9H7F6NO/c10-8(11,12)5-1-2-6(9(13,14)15)7(17)4(5)3-16/h1-2,17H,3,16H2. The number of phenolic OH excluding ortho intramolecular Hbond substituents is 1. The number of alkyl halides is 6. The number of nitrogens with two attached hydrogens (primary N) is 1. The molecule has 8 heteroatoms. The molecule has 0 heterocycles. The second-order valence-electron chi connectivity index (χ2n) is 3.19. The number of halogens is 6. The van der Waals surface area contributed by atoms with E-state index in [-0.39, 0.29) is 12.1 Å². The Balaban J connectivity index is 3.49. The van der Waals surface area contributed by atoms with Crippen molar-refractivity contribution >= 4 is 0 Å². The van der Waals surface area contributed by atoms with Crippen LogP contribution in [0.5, 0.6) is 5.75 Å². The van der Waals surface area contributed by atoms with Gasteiger partial charge in [0, 0.05) is 12.1 Å². The minimum atomic E-state index is -4.93. The number of hydrogen-bond acceptors (Lipinski definition) is 2. The van der Waals surface area contributed by atoms with Crippen LogP contribution in [0.4, 0.5) is 26.3 Å². The summed E-state index contributed by atoms with van der Waals surface area (Å²) in [6.07, 6.45) is -9.80. The van der Waals surface area contributed by atoms with E-state index in [1.54, 1.807) is 0 Å². The number of benzene rings is 1. The summed E-state index contributed by atoms with van der Waals surface area (Å²) in [6.45, 7) is -0.843. The number of hydrogen-bond donors (Lipinski definition) is 2. The lowest BCUT2D eigenvalue weighted by atomic mass is 10.0. The summed E-state index contributed by atoms with van der Waals surface area (Å²) in [5.74, 6) is -1.48. The molecule has 0 radical (unpaired) electrons. The highest BCUT2D eigenvalue weighted by atomic mass is 19.4. The van der Waals surface area contributed by atoms with Crippen LogP contribution < -0.4 is 5.73 Å². The summed E-state index contributed by atoms with van der Waals surface area (Å²) in [5.41, 5.74) is 1.06. The fraction of sp³-hybridized carbons (Fsp3) is 0.333. The van der Waals surface area contributed by atoms with Gasteiger partial charge >= 0.3 is 12.4 Å². The van der Waals surface area contributed by atoms with Gasteiger partial charge < -0.3 is 10.8 Å². The lowest BCUT2D eigenvalue weighted by Gasteiger charge is -2.17. The van der Waals surface area contributed by atoms with E-state index in [0.29, 0.717) is 0 Å². The Morgan fingerprint density at radius 3 is 1.71 bits per heavy atom. The van der Waals surface area contributed by atoms with E-state index in [1.165, 1.54) is 0 Å². The molecule has 0 aromatic heterocycles. The zero-order chi connectivity index (χ0) is 13.4. The summed E-state index contributed by atoms with van der Waals surface area (Å²) in [6, 6.07) is 0.433. The number of rotatable bonds is 1. The molecule has 0 aliphatic rings. The Bertz CT molecular complexity index is 423. The van der Waals surface area contributed by atoms with Gasteiger partial charge in [0.2, 0.25) is 0 Å². The zero-order valence-electron chi connectivity index (χ0n) is 8.15. The highest BCUT2D eigenvalue weighted by Crippen LogP contribution is 2.42. The monoisotopic (exact) mass is 259 g/mol. The molecule has 96 valence electrons. The van der Waals surface area contributed by atoms with E-state index >= 15 is 0 Å². The highest BCUT2D eigenvalue weighted by molar-refractivity contribution is 5.47. The van der Waals surface area contributed by atoms with Crippen LogP contribution in [0.2, 0.25) is 0 Å². The predicted molar refractivity (Wildman–Crippen MR) is 46.0 cm³/mol. The number of aromatic hydroxyl groups is 1. The molecular formula is C9H7F6NO.